The number of hydrogen-bond acceptors (Lipinski definition) is 3. The first-order chi connectivity index (χ1) is 11.4. The highest BCUT2D eigenvalue weighted by atomic mass is 16.5. The van der Waals surface area contributed by atoms with E-state index in [-0.39, 0.29) is 11.9 Å². The number of amides is 1. The second-order valence-corrected chi connectivity index (χ2v) is 6.12. The van der Waals surface area contributed by atoms with Crippen LogP contribution in [0, 0.1) is 20.8 Å². The molecule has 0 unspecified atom stereocenters. The highest BCUT2D eigenvalue weighted by molar-refractivity contribution is 5.94. The van der Waals surface area contributed by atoms with Crippen LogP contribution in [0.4, 0.5) is 0 Å². The van der Waals surface area contributed by atoms with Gasteiger partial charge in [-0.25, -0.2) is 0 Å². The molecule has 128 valence electrons. The van der Waals surface area contributed by atoms with Crippen LogP contribution in [0.1, 0.15) is 34.0 Å². The summed E-state index contributed by atoms with van der Waals surface area (Å²) < 4.78 is 11.0. The third-order valence-corrected chi connectivity index (χ3v) is 4.01. The molecule has 2 rings (SSSR count). The standard InChI is InChI=1S/C20H25NO3/c1-13-6-8-18(11-14(13)2)24-12-16(4)21-20(22)17-7-9-19(23-5)15(3)10-17/h6-11,16H,12H2,1-5H3,(H,21,22)/t16-/m1/s1. The second-order valence-electron chi connectivity index (χ2n) is 6.12. The fourth-order valence-corrected chi connectivity index (χ4v) is 2.39. The minimum absolute atomic E-state index is 0.0958. The van der Waals surface area contributed by atoms with Gasteiger partial charge < -0.3 is 14.8 Å². The van der Waals surface area contributed by atoms with Gasteiger partial charge in [-0.3, -0.25) is 4.79 Å². The third kappa shape index (κ3) is 4.51. The van der Waals surface area contributed by atoms with Crippen LogP contribution in [-0.4, -0.2) is 25.7 Å². The first kappa shape index (κ1) is 17.9. The Bertz CT molecular complexity index is 725. The first-order valence-corrected chi connectivity index (χ1v) is 8.06. The smallest absolute Gasteiger partial charge is 0.251 e. The minimum Gasteiger partial charge on any atom is -0.496 e. The van der Waals surface area contributed by atoms with Gasteiger partial charge >= 0.3 is 0 Å². The average Bonchev–Trinajstić information content (AvgIpc) is 2.55. The number of benzene rings is 2. The van der Waals surface area contributed by atoms with Crippen molar-refractivity contribution in [3.63, 3.8) is 0 Å². The van der Waals surface area contributed by atoms with Crippen LogP contribution in [0.2, 0.25) is 0 Å². The maximum Gasteiger partial charge on any atom is 0.251 e. The van der Waals surface area contributed by atoms with Gasteiger partial charge in [0.25, 0.3) is 5.91 Å². The maximum atomic E-state index is 12.3. The van der Waals surface area contributed by atoms with Gasteiger partial charge in [0, 0.05) is 5.56 Å². The van der Waals surface area contributed by atoms with Crippen molar-refractivity contribution in [3.8, 4) is 11.5 Å². The van der Waals surface area contributed by atoms with Crippen molar-refractivity contribution >= 4 is 5.91 Å². The molecule has 4 nitrogen and oxygen atoms in total. The summed E-state index contributed by atoms with van der Waals surface area (Å²) in [6.07, 6.45) is 0. The highest BCUT2D eigenvalue weighted by Crippen LogP contribution is 2.19. The molecule has 2 aromatic rings. The van der Waals surface area contributed by atoms with Crippen molar-refractivity contribution in [2.24, 2.45) is 0 Å². The van der Waals surface area contributed by atoms with Crippen molar-refractivity contribution < 1.29 is 14.3 Å². The Hall–Kier alpha value is -2.49. The lowest BCUT2D eigenvalue weighted by atomic mass is 10.1. The van der Waals surface area contributed by atoms with E-state index >= 15 is 0 Å². The molecule has 0 saturated carbocycles. The molecule has 0 heterocycles. The molecule has 1 N–H and O–H groups in total. The van der Waals surface area contributed by atoms with Crippen LogP contribution >= 0.6 is 0 Å². The predicted octanol–water partition coefficient (Wildman–Crippen LogP) is 3.82. The summed E-state index contributed by atoms with van der Waals surface area (Å²) in [5.41, 5.74) is 3.98. The number of hydrogen-bond donors (Lipinski definition) is 1. The van der Waals surface area contributed by atoms with E-state index in [2.05, 4.69) is 19.2 Å². The number of aryl methyl sites for hydroxylation is 3. The van der Waals surface area contributed by atoms with Gasteiger partial charge in [-0.1, -0.05) is 6.07 Å². The zero-order chi connectivity index (χ0) is 17.7. The summed E-state index contributed by atoms with van der Waals surface area (Å²) in [5.74, 6) is 1.48. The minimum atomic E-state index is -0.114. The number of methoxy groups -OCH3 is 1. The zero-order valence-corrected chi connectivity index (χ0v) is 15.0. The number of rotatable bonds is 6. The van der Waals surface area contributed by atoms with E-state index in [4.69, 9.17) is 9.47 Å². The predicted molar refractivity (Wildman–Crippen MR) is 96.1 cm³/mol. The van der Waals surface area contributed by atoms with E-state index < -0.39 is 0 Å². The summed E-state index contributed by atoms with van der Waals surface area (Å²) in [7, 11) is 1.62. The van der Waals surface area contributed by atoms with Crippen molar-refractivity contribution in [1.82, 2.24) is 5.32 Å². The third-order valence-electron chi connectivity index (χ3n) is 4.01. The van der Waals surface area contributed by atoms with E-state index in [0.29, 0.717) is 12.2 Å². The SMILES string of the molecule is COc1ccc(C(=O)N[C@H](C)COc2ccc(C)c(C)c2)cc1C. The Labute approximate surface area is 143 Å². The quantitative estimate of drug-likeness (QED) is 0.877. The maximum absolute atomic E-state index is 12.3. The van der Waals surface area contributed by atoms with Gasteiger partial charge in [-0.2, -0.15) is 0 Å². The molecule has 0 bridgehead atoms. The fourth-order valence-electron chi connectivity index (χ4n) is 2.39. The number of carbonyl (C=O) groups excluding carboxylic acids is 1. The monoisotopic (exact) mass is 327 g/mol. The molecule has 0 saturated heterocycles. The van der Waals surface area contributed by atoms with Gasteiger partial charge in [0.1, 0.15) is 18.1 Å². The van der Waals surface area contributed by atoms with Crippen LogP contribution in [0.25, 0.3) is 0 Å². The lowest BCUT2D eigenvalue weighted by molar-refractivity contribution is 0.0926. The zero-order valence-electron chi connectivity index (χ0n) is 15.0. The van der Waals surface area contributed by atoms with Gasteiger partial charge in [0.15, 0.2) is 0 Å². The summed E-state index contributed by atoms with van der Waals surface area (Å²) in [6, 6.07) is 11.3. The Morgan fingerprint density at radius 2 is 1.79 bits per heavy atom. The summed E-state index contributed by atoms with van der Waals surface area (Å²) in [6.45, 7) is 8.39. The molecule has 1 amide bonds. The van der Waals surface area contributed by atoms with Gasteiger partial charge in [-0.15, -0.1) is 0 Å². The first-order valence-electron chi connectivity index (χ1n) is 8.06. The molecule has 24 heavy (non-hydrogen) atoms. The van der Waals surface area contributed by atoms with E-state index in [9.17, 15) is 4.79 Å². The molecule has 0 spiro atoms. The second kappa shape index (κ2) is 7.86. The molecule has 1 atom stereocenters. The van der Waals surface area contributed by atoms with E-state index in [0.717, 1.165) is 17.1 Å². The molecule has 0 radical (unpaired) electrons. The molecule has 0 aromatic heterocycles. The van der Waals surface area contributed by atoms with Crippen molar-refractivity contribution in [3.05, 3.63) is 58.7 Å². The van der Waals surface area contributed by atoms with Crippen molar-refractivity contribution in [2.75, 3.05) is 13.7 Å². The Kier molecular flexibility index (Phi) is 5.85. The number of carbonyl (C=O) groups is 1. The van der Waals surface area contributed by atoms with Crippen LogP contribution in [0.15, 0.2) is 36.4 Å². The molecular formula is C20H25NO3. The molecule has 4 heteroatoms. The lowest BCUT2D eigenvalue weighted by Gasteiger charge is -2.16. The number of ether oxygens (including phenoxy) is 2. The summed E-state index contributed by atoms with van der Waals surface area (Å²) >= 11 is 0. The van der Waals surface area contributed by atoms with E-state index in [1.54, 1.807) is 19.2 Å². The normalized spacial score (nSPS) is 11.7. The van der Waals surface area contributed by atoms with Gasteiger partial charge in [0.05, 0.1) is 13.2 Å². The Morgan fingerprint density at radius 1 is 1.04 bits per heavy atom. The van der Waals surface area contributed by atoms with Crippen molar-refractivity contribution in [2.45, 2.75) is 33.7 Å². The molecule has 0 fully saturated rings. The van der Waals surface area contributed by atoms with Crippen LogP contribution in [0.3, 0.4) is 0 Å². The fraction of sp³-hybridized carbons (Fsp3) is 0.350. The Balaban J connectivity index is 1.91. The molecular weight excluding hydrogens is 302 g/mol. The van der Waals surface area contributed by atoms with E-state index in [1.807, 2.05) is 38.1 Å². The largest absolute Gasteiger partial charge is 0.496 e. The average molecular weight is 327 g/mol. The summed E-state index contributed by atoms with van der Waals surface area (Å²) in [4.78, 5) is 12.3. The molecule has 0 aliphatic carbocycles. The Morgan fingerprint density at radius 3 is 2.42 bits per heavy atom. The van der Waals surface area contributed by atoms with Crippen LogP contribution in [-0.2, 0) is 0 Å². The lowest BCUT2D eigenvalue weighted by Crippen LogP contribution is -2.36. The molecule has 2 aromatic carbocycles. The van der Waals surface area contributed by atoms with E-state index in [1.165, 1.54) is 11.1 Å². The van der Waals surface area contributed by atoms with Crippen LogP contribution in [0.5, 0.6) is 11.5 Å². The van der Waals surface area contributed by atoms with Gasteiger partial charge in [-0.05, 0) is 74.7 Å². The number of nitrogens with one attached hydrogen (secondary N) is 1. The topological polar surface area (TPSA) is 47.6 Å². The van der Waals surface area contributed by atoms with Gasteiger partial charge in [0.2, 0.25) is 0 Å². The highest BCUT2D eigenvalue weighted by Gasteiger charge is 2.12. The molecule has 0 aliphatic rings. The summed E-state index contributed by atoms with van der Waals surface area (Å²) in [5, 5.41) is 2.95. The molecule has 0 aliphatic heterocycles. The van der Waals surface area contributed by atoms with Crippen molar-refractivity contribution in [1.29, 1.82) is 0 Å². The van der Waals surface area contributed by atoms with Crippen LogP contribution < -0.4 is 14.8 Å².